The van der Waals surface area contributed by atoms with E-state index < -0.39 is 0 Å². The number of halogens is 1. The molecule has 0 bridgehead atoms. The van der Waals surface area contributed by atoms with Crippen molar-refractivity contribution in [3.63, 3.8) is 0 Å². The van der Waals surface area contributed by atoms with Crippen molar-refractivity contribution in [2.75, 3.05) is 6.54 Å². The van der Waals surface area contributed by atoms with Crippen LogP contribution < -0.4 is 0 Å². The highest BCUT2D eigenvalue weighted by Gasteiger charge is 2.19. The first kappa shape index (κ1) is 10.1. The van der Waals surface area contributed by atoms with Gasteiger partial charge in [0.1, 0.15) is 5.82 Å². The number of nitrogens with zero attached hydrogens (tertiary/aromatic N) is 1. The molecule has 1 aromatic carbocycles. The number of hydrogen-bond donors (Lipinski definition) is 0. The van der Waals surface area contributed by atoms with Crippen molar-refractivity contribution >= 4 is 5.91 Å². The summed E-state index contributed by atoms with van der Waals surface area (Å²) in [5.41, 5.74) is 1.51. The van der Waals surface area contributed by atoms with Gasteiger partial charge in [0.2, 0.25) is 5.91 Å². The van der Waals surface area contributed by atoms with Gasteiger partial charge in [-0.1, -0.05) is 12.1 Å². The standard InChI is InChI=1S/C12H14FNO/c1-9-4-5-10(7-11(9)13)8-14-6-2-3-12(14)15/h4-5,7H,2-3,6,8H2,1H3. The number of carbonyl (C=O) groups is 1. The minimum atomic E-state index is -0.195. The number of carbonyl (C=O) groups excluding carboxylic acids is 1. The Hall–Kier alpha value is -1.38. The zero-order valence-corrected chi connectivity index (χ0v) is 8.79. The smallest absolute Gasteiger partial charge is 0.222 e. The van der Waals surface area contributed by atoms with Crippen LogP contribution in [0.2, 0.25) is 0 Å². The summed E-state index contributed by atoms with van der Waals surface area (Å²) in [6.07, 6.45) is 1.56. The van der Waals surface area contributed by atoms with Gasteiger partial charge >= 0.3 is 0 Å². The fourth-order valence-electron chi connectivity index (χ4n) is 1.83. The second-order valence-corrected chi connectivity index (χ2v) is 4.00. The molecule has 0 aromatic heterocycles. The largest absolute Gasteiger partial charge is 0.338 e. The van der Waals surface area contributed by atoms with E-state index in [1.165, 1.54) is 6.07 Å². The van der Waals surface area contributed by atoms with Crippen LogP contribution >= 0.6 is 0 Å². The quantitative estimate of drug-likeness (QED) is 0.728. The third-order valence-corrected chi connectivity index (χ3v) is 2.78. The Kier molecular flexibility index (Phi) is 2.71. The Bertz CT molecular complexity index is 389. The molecule has 0 saturated carbocycles. The van der Waals surface area contributed by atoms with Crippen molar-refractivity contribution in [2.45, 2.75) is 26.3 Å². The molecule has 80 valence electrons. The van der Waals surface area contributed by atoms with Crippen molar-refractivity contribution in [2.24, 2.45) is 0 Å². The summed E-state index contributed by atoms with van der Waals surface area (Å²) >= 11 is 0. The number of likely N-dealkylation sites (tertiary alicyclic amines) is 1. The van der Waals surface area contributed by atoms with E-state index in [9.17, 15) is 9.18 Å². The Morgan fingerprint density at radius 1 is 1.47 bits per heavy atom. The molecule has 2 nitrogen and oxygen atoms in total. The minimum absolute atomic E-state index is 0.177. The maximum absolute atomic E-state index is 13.2. The van der Waals surface area contributed by atoms with Crippen LogP contribution in [0.3, 0.4) is 0 Å². The van der Waals surface area contributed by atoms with E-state index in [2.05, 4.69) is 0 Å². The highest BCUT2D eigenvalue weighted by molar-refractivity contribution is 5.78. The number of aryl methyl sites for hydroxylation is 1. The summed E-state index contributed by atoms with van der Waals surface area (Å²) in [7, 11) is 0. The van der Waals surface area contributed by atoms with Crippen molar-refractivity contribution < 1.29 is 9.18 Å². The molecule has 1 aliphatic rings. The molecule has 0 N–H and O–H groups in total. The molecule has 3 heteroatoms. The lowest BCUT2D eigenvalue weighted by molar-refractivity contribution is -0.128. The molecule has 1 aliphatic heterocycles. The van der Waals surface area contributed by atoms with Gasteiger partial charge in [-0.15, -0.1) is 0 Å². The fraction of sp³-hybridized carbons (Fsp3) is 0.417. The van der Waals surface area contributed by atoms with Crippen LogP contribution in [0.15, 0.2) is 18.2 Å². The van der Waals surface area contributed by atoms with Gasteiger partial charge in [0.25, 0.3) is 0 Å². The lowest BCUT2D eigenvalue weighted by Crippen LogP contribution is -2.23. The minimum Gasteiger partial charge on any atom is -0.338 e. The predicted octanol–water partition coefficient (Wildman–Crippen LogP) is 2.26. The predicted molar refractivity (Wildman–Crippen MR) is 55.8 cm³/mol. The van der Waals surface area contributed by atoms with Crippen LogP contribution in [0.5, 0.6) is 0 Å². The molecule has 0 unspecified atom stereocenters. The van der Waals surface area contributed by atoms with Crippen molar-refractivity contribution in [1.29, 1.82) is 0 Å². The molecule has 1 fully saturated rings. The zero-order chi connectivity index (χ0) is 10.8. The van der Waals surface area contributed by atoms with Crippen LogP contribution in [-0.4, -0.2) is 17.4 Å². The maximum atomic E-state index is 13.2. The van der Waals surface area contributed by atoms with Gasteiger partial charge in [0.05, 0.1) is 0 Å². The lowest BCUT2D eigenvalue weighted by Gasteiger charge is -2.15. The van der Waals surface area contributed by atoms with Crippen LogP contribution in [0.25, 0.3) is 0 Å². The van der Waals surface area contributed by atoms with Crippen LogP contribution in [0.4, 0.5) is 4.39 Å². The Morgan fingerprint density at radius 3 is 2.87 bits per heavy atom. The van der Waals surface area contributed by atoms with Gasteiger partial charge in [-0.05, 0) is 30.5 Å². The van der Waals surface area contributed by atoms with Crippen molar-refractivity contribution in [1.82, 2.24) is 4.90 Å². The van der Waals surface area contributed by atoms with Gasteiger partial charge in [-0.3, -0.25) is 4.79 Å². The van der Waals surface area contributed by atoms with E-state index in [0.717, 1.165) is 18.5 Å². The molecule has 0 radical (unpaired) electrons. The molecule has 15 heavy (non-hydrogen) atoms. The highest BCUT2D eigenvalue weighted by atomic mass is 19.1. The summed E-state index contributed by atoms with van der Waals surface area (Å²) in [6.45, 7) is 3.07. The molecule has 1 amide bonds. The normalized spacial score (nSPS) is 16.1. The number of amides is 1. The molecule has 0 aliphatic carbocycles. The van der Waals surface area contributed by atoms with E-state index in [-0.39, 0.29) is 11.7 Å². The lowest BCUT2D eigenvalue weighted by atomic mass is 10.1. The van der Waals surface area contributed by atoms with Crippen LogP contribution in [0, 0.1) is 12.7 Å². The van der Waals surface area contributed by atoms with Gasteiger partial charge < -0.3 is 4.90 Å². The summed E-state index contributed by atoms with van der Waals surface area (Å²) in [4.78, 5) is 13.1. The second-order valence-electron chi connectivity index (χ2n) is 4.00. The highest BCUT2D eigenvalue weighted by Crippen LogP contribution is 2.16. The zero-order valence-electron chi connectivity index (χ0n) is 8.79. The molecular weight excluding hydrogens is 193 g/mol. The van der Waals surface area contributed by atoms with E-state index >= 15 is 0 Å². The van der Waals surface area contributed by atoms with Gasteiger partial charge in [-0.2, -0.15) is 0 Å². The number of benzene rings is 1. The number of hydrogen-bond acceptors (Lipinski definition) is 1. The van der Waals surface area contributed by atoms with E-state index in [4.69, 9.17) is 0 Å². The van der Waals surface area contributed by atoms with Crippen LogP contribution in [-0.2, 0) is 11.3 Å². The summed E-state index contributed by atoms with van der Waals surface area (Å²) in [5.74, 6) is -0.0184. The Morgan fingerprint density at radius 2 is 2.27 bits per heavy atom. The van der Waals surface area contributed by atoms with Crippen molar-refractivity contribution in [3.05, 3.63) is 35.1 Å². The summed E-state index contributed by atoms with van der Waals surface area (Å²) in [6, 6.07) is 5.15. The molecule has 1 aromatic rings. The van der Waals surface area contributed by atoms with E-state index in [1.54, 1.807) is 17.9 Å². The monoisotopic (exact) mass is 207 g/mol. The molecule has 2 rings (SSSR count). The van der Waals surface area contributed by atoms with Gasteiger partial charge in [0.15, 0.2) is 0 Å². The van der Waals surface area contributed by atoms with E-state index in [1.807, 2.05) is 6.07 Å². The third kappa shape index (κ3) is 2.17. The second kappa shape index (κ2) is 4.01. The molecule has 0 atom stereocenters. The first-order valence-electron chi connectivity index (χ1n) is 5.19. The molecular formula is C12H14FNO. The molecule has 1 heterocycles. The first-order chi connectivity index (χ1) is 7.16. The molecule has 0 spiro atoms. The Labute approximate surface area is 88.7 Å². The summed E-state index contributed by atoms with van der Waals surface area (Å²) < 4.78 is 13.2. The number of rotatable bonds is 2. The van der Waals surface area contributed by atoms with Gasteiger partial charge in [0, 0.05) is 19.5 Å². The first-order valence-corrected chi connectivity index (χ1v) is 5.19. The average Bonchev–Trinajstić information content (AvgIpc) is 2.59. The SMILES string of the molecule is Cc1ccc(CN2CCCC2=O)cc1F. The summed E-state index contributed by atoms with van der Waals surface area (Å²) in [5, 5.41) is 0. The fourth-order valence-corrected chi connectivity index (χ4v) is 1.83. The van der Waals surface area contributed by atoms with Crippen LogP contribution in [0.1, 0.15) is 24.0 Å². The van der Waals surface area contributed by atoms with Crippen molar-refractivity contribution in [3.8, 4) is 0 Å². The topological polar surface area (TPSA) is 20.3 Å². The third-order valence-electron chi connectivity index (χ3n) is 2.78. The van der Waals surface area contributed by atoms with Gasteiger partial charge in [-0.25, -0.2) is 4.39 Å². The molecule has 1 saturated heterocycles. The maximum Gasteiger partial charge on any atom is 0.222 e. The Balaban J connectivity index is 2.10. The average molecular weight is 207 g/mol. The van der Waals surface area contributed by atoms with E-state index in [0.29, 0.717) is 18.5 Å².